The van der Waals surface area contributed by atoms with Gasteiger partial charge in [-0.15, -0.1) is 12.8 Å². The van der Waals surface area contributed by atoms with Crippen LogP contribution in [0.15, 0.2) is 60.7 Å². The molecule has 2 nitrogen and oxygen atoms in total. The van der Waals surface area contributed by atoms with Crippen molar-refractivity contribution in [2.24, 2.45) is 5.92 Å². The molecule has 0 saturated heterocycles. The molecular formula is C27H33CoO2. The monoisotopic (exact) mass is 448 g/mol. The number of terminal acetylenes is 2. The van der Waals surface area contributed by atoms with Crippen molar-refractivity contribution in [3.8, 4) is 24.7 Å². The van der Waals surface area contributed by atoms with Gasteiger partial charge in [0.2, 0.25) is 0 Å². The van der Waals surface area contributed by atoms with Crippen molar-refractivity contribution in [3.63, 3.8) is 0 Å². The molecule has 30 heavy (non-hydrogen) atoms. The minimum absolute atomic E-state index is 0. The van der Waals surface area contributed by atoms with Crippen LogP contribution in [0, 0.1) is 38.0 Å². The molecule has 1 aliphatic rings. The van der Waals surface area contributed by atoms with E-state index in [0.29, 0.717) is 0 Å². The van der Waals surface area contributed by atoms with E-state index in [2.05, 4.69) is 86.1 Å². The average Bonchev–Trinajstić information content (AvgIpc) is 3.38. The summed E-state index contributed by atoms with van der Waals surface area (Å²) in [4.78, 5) is 15.5. The van der Waals surface area contributed by atoms with Gasteiger partial charge < -0.3 is 17.0 Å². The van der Waals surface area contributed by atoms with E-state index in [4.69, 9.17) is 22.4 Å². The first kappa shape index (κ1) is 34.9. The minimum atomic E-state index is -0.00926. The molecule has 0 spiro atoms. The summed E-state index contributed by atoms with van der Waals surface area (Å²) in [5, 5.41) is 0. The Kier molecular flexibility index (Phi) is 33.3. The Morgan fingerprint density at radius 2 is 1.00 bits per heavy atom. The Morgan fingerprint density at radius 3 is 1.20 bits per heavy atom. The van der Waals surface area contributed by atoms with E-state index in [9.17, 15) is 0 Å². The van der Waals surface area contributed by atoms with Gasteiger partial charge in [-0.1, -0.05) is 105 Å². The second-order valence-corrected chi connectivity index (χ2v) is 5.97. The molecule has 0 bridgehead atoms. The van der Waals surface area contributed by atoms with Gasteiger partial charge in [0, 0.05) is 0 Å². The van der Waals surface area contributed by atoms with E-state index in [1.165, 1.54) is 43.2 Å². The molecule has 3 rings (SSSR count). The van der Waals surface area contributed by atoms with E-state index in [-0.39, 0.29) is 30.1 Å². The second-order valence-electron chi connectivity index (χ2n) is 5.97. The Labute approximate surface area is 195 Å². The Bertz CT molecular complexity index is 592. The molecule has 0 N–H and O–H groups in total. The smallest absolute Gasteiger partial charge is 0.545 e. The third-order valence-electron chi connectivity index (χ3n) is 3.84. The largest absolute Gasteiger partial charge is 3.00 e. The van der Waals surface area contributed by atoms with Gasteiger partial charge in [-0.3, -0.25) is 13.6 Å². The van der Waals surface area contributed by atoms with Crippen molar-refractivity contribution in [2.75, 3.05) is 0 Å². The van der Waals surface area contributed by atoms with Crippen LogP contribution in [0.2, 0.25) is 0 Å². The first-order valence-corrected chi connectivity index (χ1v) is 9.23. The molecule has 0 unspecified atom stereocenters. The molecule has 0 aliphatic heterocycles. The van der Waals surface area contributed by atoms with Crippen LogP contribution in [-0.4, -0.2) is 13.6 Å². The van der Waals surface area contributed by atoms with Crippen LogP contribution in [0.3, 0.4) is 0 Å². The molecule has 2 aromatic carbocycles. The molecule has 162 valence electrons. The predicted octanol–water partition coefficient (Wildman–Crippen LogP) is 6.02. The number of hydrogen-bond acceptors (Lipinski definition) is 2. The third kappa shape index (κ3) is 21.7. The standard InChI is InChI=1S/C13H12.C6H6.C5H10.2CHO.CH3.Co/c1-3-7-12(8-4-1)11-13-9-5-2-6-10-13;1-4-6(3)5-2;1-2-4-5-3-1;2*1-2;;/h1-10H,11H2;1-2,6H,3H3;1-5H2;2*1H;1H3;/q;;;3*-1;+3. The van der Waals surface area contributed by atoms with Crippen molar-refractivity contribution in [3.05, 3.63) is 79.2 Å². The van der Waals surface area contributed by atoms with Crippen LogP contribution >= 0.6 is 0 Å². The van der Waals surface area contributed by atoms with Crippen LogP contribution in [0.1, 0.15) is 50.2 Å². The Hall–Kier alpha value is -2.59. The summed E-state index contributed by atoms with van der Waals surface area (Å²) in [6, 6.07) is 21.1. The summed E-state index contributed by atoms with van der Waals surface area (Å²) in [5.74, 6) is 4.75. The fourth-order valence-corrected chi connectivity index (χ4v) is 2.36. The predicted molar refractivity (Wildman–Crippen MR) is 126 cm³/mol. The molecule has 0 amide bonds. The molecular weight excluding hydrogens is 415 g/mol. The van der Waals surface area contributed by atoms with Crippen LogP contribution in [0.25, 0.3) is 0 Å². The molecule has 0 atom stereocenters. The molecule has 1 saturated carbocycles. The van der Waals surface area contributed by atoms with E-state index in [1.54, 1.807) is 6.92 Å². The maximum Gasteiger partial charge on any atom is 3.00 e. The van der Waals surface area contributed by atoms with Gasteiger partial charge in [-0.25, -0.2) is 0 Å². The number of benzene rings is 2. The van der Waals surface area contributed by atoms with Crippen molar-refractivity contribution in [2.45, 2.75) is 45.4 Å². The van der Waals surface area contributed by atoms with Crippen LogP contribution in [0.5, 0.6) is 0 Å². The van der Waals surface area contributed by atoms with Crippen molar-refractivity contribution >= 4 is 13.6 Å². The van der Waals surface area contributed by atoms with Crippen LogP contribution in [0.4, 0.5) is 0 Å². The van der Waals surface area contributed by atoms with Gasteiger partial charge >= 0.3 is 16.8 Å². The van der Waals surface area contributed by atoms with E-state index in [1.807, 2.05) is 0 Å². The summed E-state index contributed by atoms with van der Waals surface area (Å²) in [6.45, 7) is 8.31. The summed E-state index contributed by atoms with van der Waals surface area (Å²) in [7, 11) is 0. The number of carbonyl (C=O) groups excluding carboxylic acids is 2. The molecule has 0 radical (unpaired) electrons. The fourth-order valence-electron chi connectivity index (χ4n) is 2.36. The quantitative estimate of drug-likeness (QED) is 0.320. The van der Waals surface area contributed by atoms with E-state index < -0.39 is 0 Å². The SMILES string of the molecule is C#CC(C)C#C.C1CCCC1.[CH-]=O.[CH-]=O.[CH3-].[Co+3].c1ccc(Cc2ccccc2)cc1. The topological polar surface area (TPSA) is 34.1 Å². The number of rotatable bonds is 2. The normalized spacial score (nSPS) is 9.87. The van der Waals surface area contributed by atoms with Gasteiger partial charge in [-0.2, -0.15) is 0 Å². The summed E-state index contributed by atoms with van der Waals surface area (Å²) in [5.41, 5.74) is 2.74. The Morgan fingerprint density at radius 1 is 0.733 bits per heavy atom. The zero-order valence-electron chi connectivity index (χ0n) is 18.1. The van der Waals surface area contributed by atoms with Gasteiger partial charge in [-0.05, 0) is 24.5 Å². The van der Waals surface area contributed by atoms with Crippen molar-refractivity contribution in [1.29, 1.82) is 0 Å². The molecule has 2 aromatic rings. The zero-order chi connectivity index (χ0) is 21.5. The van der Waals surface area contributed by atoms with E-state index in [0.717, 1.165) is 6.42 Å². The van der Waals surface area contributed by atoms with Crippen molar-refractivity contribution < 1.29 is 26.4 Å². The second kappa shape index (κ2) is 28.6. The van der Waals surface area contributed by atoms with Gasteiger partial charge in [0.1, 0.15) is 0 Å². The average molecular weight is 448 g/mol. The van der Waals surface area contributed by atoms with E-state index >= 15 is 0 Å². The van der Waals surface area contributed by atoms with Gasteiger partial charge in [0.25, 0.3) is 0 Å². The molecule has 1 fully saturated rings. The maximum absolute atomic E-state index is 7.75. The van der Waals surface area contributed by atoms with Gasteiger partial charge in [0.05, 0.1) is 5.92 Å². The summed E-state index contributed by atoms with van der Waals surface area (Å²) < 4.78 is 0. The van der Waals surface area contributed by atoms with Crippen LogP contribution < -0.4 is 0 Å². The van der Waals surface area contributed by atoms with Crippen molar-refractivity contribution in [1.82, 2.24) is 0 Å². The maximum atomic E-state index is 7.75. The molecule has 0 aromatic heterocycles. The summed E-state index contributed by atoms with van der Waals surface area (Å²) >= 11 is 0. The fraction of sp³-hybridized carbons (Fsp3) is 0.296. The molecule has 3 heteroatoms. The number of hydrogen-bond donors (Lipinski definition) is 0. The van der Waals surface area contributed by atoms with Crippen LogP contribution in [-0.2, 0) is 32.8 Å². The minimum Gasteiger partial charge on any atom is -0.545 e. The Balaban J connectivity index is -0.000000169. The molecule has 0 heterocycles. The molecule has 1 aliphatic carbocycles. The first-order chi connectivity index (χ1) is 13.8. The third-order valence-corrected chi connectivity index (χ3v) is 3.84. The van der Waals surface area contributed by atoms with Gasteiger partial charge in [0.15, 0.2) is 0 Å². The summed E-state index contributed by atoms with van der Waals surface area (Å²) in [6.07, 6.45) is 18.3. The first-order valence-electron chi connectivity index (χ1n) is 9.23. The zero-order valence-corrected chi connectivity index (χ0v) is 19.1.